The van der Waals surface area contributed by atoms with Crippen LogP contribution >= 0.6 is 0 Å². The highest BCUT2D eigenvalue weighted by molar-refractivity contribution is 5.73. The molecule has 12 heavy (non-hydrogen) atoms. The maximum Gasteiger partial charge on any atom is 0.217 e. The van der Waals surface area contributed by atoms with Crippen molar-refractivity contribution in [1.82, 2.24) is 5.32 Å². The minimum Gasteiger partial charge on any atom is -0.353 e. The summed E-state index contributed by atoms with van der Waals surface area (Å²) in [6.07, 6.45) is 3.91. The van der Waals surface area contributed by atoms with E-state index >= 15 is 0 Å². The minimum atomic E-state index is 0.106. The van der Waals surface area contributed by atoms with Crippen molar-refractivity contribution in [3.8, 4) is 0 Å². The topological polar surface area (TPSA) is 29.1 Å². The van der Waals surface area contributed by atoms with Crippen LogP contribution in [0.25, 0.3) is 0 Å². The number of hydrogen-bond donors (Lipinski definition) is 1. The highest BCUT2D eigenvalue weighted by atomic mass is 16.1. The van der Waals surface area contributed by atoms with Crippen molar-refractivity contribution in [3.05, 3.63) is 0 Å². The van der Waals surface area contributed by atoms with Gasteiger partial charge in [0.2, 0.25) is 5.91 Å². The highest BCUT2D eigenvalue weighted by Crippen LogP contribution is 2.34. The standard InChI is InChI=1S/C10H19NO/c1-7(2)10(11-8(3)12)6-9-4-5-9/h7,9-10H,4-6H2,1-3H3,(H,11,12). The maximum absolute atomic E-state index is 10.8. The Morgan fingerprint density at radius 2 is 2.08 bits per heavy atom. The van der Waals surface area contributed by atoms with Gasteiger partial charge in [0.15, 0.2) is 0 Å². The summed E-state index contributed by atoms with van der Waals surface area (Å²) >= 11 is 0. The molecule has 0 aromatic heterocycles. The molecule has 0 saturated heterocycles. The summed E-state index contributed by atoms with van der Waals surface area (Å²) < 4.78 is 0. The zero-order chi connectivity index (χ0) is 9.14. The van der Waals surface area contributed by atoms with Gasteiger partial charge in [-0.15, -0.1) is 0 Å². The molecule has 1 fully saturated rings. The Bertz CT molecular complexity index is 161. The predicted molar refractivity (Wildman–Crippen MR) is 49.8 cm³/mol. The summed E-state index contributed by atoms with van der Waals surface area (Å²) in [4.78, 5) is 10.8. The molecule has 1 amide bonds. The quantitative estimate of drug-likeness (QED) is 0.684. The van der Waals surface area contributed by atoms with Gasteiger partial charge in [-0.1, -0.05) is 26.7 Å². The van der Waals surface area contributed by atoms with E-state index in [9.17, 15) is 4.79 Å². The normalized spacial score (nSPS) is 19.3. The van der Waals surface area contributed by atoms with Crippen LogP contribution in [0.4, 0.5) is 0 Å². The van der Waals surface area contributed by atoms with Crippen LogP contribution in [0, 0.1) is 11.8 Å². The van der Waals surface area contributed by atoms with Gasteiger partial charge in [-0.2, -0.15) is 0 Å². The first-order valence-electron chi connectivity index (χ1n) is 4.86. The fourth-order valence-corrected chi connectivity index (χ4v) is 1.47. The Balaban J connectivity index is 2.30. The zero-order valence-electron chi connectivity index (χ0n) is 8.26. The van der Waals surface area contributed by atoms with Crippen LogP contribution in [0.2, 0.25) is 0 Å². The van der Waals surface area contributed by atoms with Gasteiger partial charge in [0.25, 0.3) is 0 Å². The van der Waals surface area contributed by atoms with E-state index in [1.807, 2.05) is 0 Å². The van der Waals surface area contributed by atoms with Gasteiger partial charge in [-0.05, 0) is 18.3 Å². The zero-order valence-corrected chi connectivity index (χ0v) is 8.26. The minimum absolute atomic E-state index is 0.106. The molecule has 2 nitrogen and oxygen atoms in total. The van der Waals surface area contributed by atoms with Crippen LogP contribution in [-0.2, 0) is 4.79 Å². The van der Waals surface area contributed by atoms with Crippen molar-refractivity contribution in [2.75, 3.05) is 0 Å². The van der Waals surface area contributed by atoms with Crippen molar-refractivity contribution >= 4 is 5.91 Å². The summed E-state index contributed by atoms with van der Waals surface area (Å²) in [5.74, 6) is 1.56. The summed E-state index contributed by atoms with van der Waals surface area (Å²) in [6.45, 7) is 5.94. The second-order valence-corrected chi connectivity index (χ2v) is 4.23. The number of nitrogens with one attached hydrogen (secondary N) is 1. The van der Waals surface area contributed by atoms with Crippen molar-refractivity contribution in [3.63, 3.8) is 0 Å². The number of carbonyl (C=O) groups excluding carboxylic acids is 1. The van der Waals surface area contributed by atoms with Crippen LogP contribution in [0.15, 0.2) is 0 Å². The molecule has 1 unspecified atom stereocenters. The van der Waals surface area contributed by atoms with E-state index in [-0.39, 0.29) is 5.91 Å². The van der Waals surface area contributed by atoms with Gasteiger partial charge >= 0.3 is 0 Å². The molecular formula is C10H19NO. The van der Waals surface area contributed by atoms with Crippen LogP contribution in [0.5, 0.6) is 0 Å². The van der Waals surface area contributed by atoms with E-state index in [1.165, 1.54) is 19.3 Å². The van der Waals surface area contributed by atoms with Crippen molar-refractivity contribution < 1.29 is 4.79 Å². The molecule has 0 spiro atoms. The lowest BCUT2D eigenvalue weighted by atomic mass is 9.98. The molecule has 0 radical (unpaired) electrons. The second kappa shape index (κ2) is 3.92. The Labute approximate surface area is 74.7 Å². The lowest BCUT2D eigenvalue weighted by molar-refractivity contribution is -0.120. The smallest absolute Gasteiger partial charge is 0.217 e. The van der Waals surface area contributed by atoms with Gasteiger partial charge in [-0.25, -0.2) is 0 Å². The van der Waals surface area contributed by atoms with Crippen molar-refractivity contribution in [2.24, 2.45) is 11.8 Å². The fraction of sp³-hybridized carbons (Fsp3) is 0.900. The third-order valence-corrected chi connectivity index (χ3v) is 2.48. The number of hydrogen-bond acceptors (Lipinski definition) is 1. The molecule has 1 atom stereocenters. The van der Waals surface area contributed by atoms with Gasteiger partial charge in [0.1, 0.15) is 0 Å². The average Bonchev–Trinajstić information content (AvgIpc) is 2.68. The van der Waals surface area contributed by atoms with E-state index in [0.717, 1.165) is 5.92 Å². The average molecular weight is 169 g/mol. The summed E-state index contributed by atoms with van der Waals surface area (Å²) in [7, 11) is 0. The summed E-state index contributed by atoms with van der Waals surface area (Å²) in [5.41, 5.74) is 0. The van der Waals surface area contributed by atoms with Crippen molar-refractivity contribution in [1.29, 1.82) is 0 Å². The maximum atomic E-state index is 10.8. The molecule has 1 aliphatic carbocycles. The molecule has 1 aliphatic rings. The van der Waals surface area contributed by atoms with E-state index < -0.39 is 0 Å². The predicted octanol–water partition coefficient (Wildman–Crippen LogP) is 1.95. The van der Waals surface area contributed by atoms with Gasteiger partial charge in [0, 0.05) is 13.0 Å². The Morgan fingerprint density at radius 1 is 1.50 bits per heavy atom. The van der Waals surface area contributed by atoms with E-state index in [0.29, 0.717) is 12.0 Å². The molecule has 0 bridgehead atoms. The summed E-state index contributed by atoms with van der Waals surface area (Å²) in [5, 5.41) is 3.01. The molecule has 0 aliphatic heterocycles. The fourth-order valence-electron chi connectivity index (χ4n) is 1.47. The van der Waals surface area contributed by atoms with Crippen LogP contribution in [0.3, 0.4) is 0 Å². The number of amides is 1. The molecule has 0 heterocycles. The highest BCUT2D eigenvalue weighted by Gasteiger charge is 2.27. The van der Waals surface area contributed by atoms with E-state index in [2.05, 4.69) is 19.2 Å². The lowest BCUT2D eigenvalue weighted by Gasteiger charge is -2.21. The molecule has 1 N–H and O–H groups in total. The van der Waals surface area contributed by atoms with Crippen LogP contribution in [-0.4, -0.2) is 11.9 Å². The van der Waals surface area contributed by atoms with Gasteiger partial charge in [0.05, 0.1) is 0 Å². The molecular weight excluding hydrogens is 150 g/mol. The lowest BCUT2D eigenvalue weighted by Crippen LogP contribution is -2.37. The van der Waals surface area contributed by atoms with E-state index in [1.54, 1.807) is 6.92 Å². The molecule has 1 rings (SSSR count). The third-order valence-electron chi connectivity index (χ3n) is 2.48. The first kappa shape index (κ1) is 9.56. The van der Waals surface area contributed by atoms with Crippen LogP contribution < -0.4 is 5.32 Å². The largest absolute Gasteiger partial charge is 0.353 e. The van der Waals surface area contributed by atoms with Gasteiger partial charge in [-0.3, -0.25) is 4.79 Å². The number of carbonyl (C=O) groups is 1. The first-order chi connectivity index (χ1) is 5.59. The third kappa shape index (κ3) is 3.24. The van der Waals surface area contributed by atoms with Crippen molar-refractivity contribution in [2.45, 2.75) is 46.1 Å². The first-order valence-corrected chi connectivity index (χ1v) is 4.86. The number of rotatable bonds is 4. The second-order valence-electron chi connectivity index (χ2n) is 4.23. The molecule has 2 heteroatoms. The van der Waals surface area contributed by atoms with Crippen LogP contribution in [0.1, 0.15) is 40.0 Å². The monoisotopic (exact) mass is 169 g/mol. The Kier molecular flexibility index (Phi) is 3.12. The van der Waals surface area contributed by atoms with Gasteiger partial charge < -0.3 is 5.32 Å². The summed E-state index contributed by atoms with van der Waals surface area (Å²) in [6, 6.07) is 0.398. The Hall–Kier alpha value is -0.530. The SMILES string of the molecule is CC(=O)NC(CC1CC1)C(C)C. The Morgan fingerprint density at radius 3 is 2.42 bits per heavy atom. The van der Waals surface area contributed by atoms with E-state index in [4.69, 9.17) is 0 Å². The molecule has 70 valence electrons. The molecule has 1 saturated carbocycles. The molecule has 0 aromatic carbocycles. The molecule has 0 aromatic rings.